The molecule has 4 rings (SSSR count). The van der Waals surface area contributed by atoms with Crippen molar-refractivity contribution >= 4 is 29.5 Å². The van der Waals surface area contributed by atoms with Crippen molar-refractivity contribution in [3.63, 3.8) is 0 Å². The Hall–Kier alpha value is -2.94. The van der Waals surface area contributed by atoms with Crippen LogP contribution in [0.2, 0.25) is 0 Å². The Morgan fingerprint density at radius 2 is 1.89 bits per heavy atom. The van der Waals surface area contributed by atoms with E-state index >= 15 is 0 Å². The number of hydrogen-bond acceptors (Lipinski definition) is 7. The van der Waals surface area contributed by atoms with Crippen LogP contribution in [0.1, 0.15) is 29.8 Å². The van der Waals surface area contributed by atoms with Gasteiger partial charge in [-0.25, -0.2) is 9.59 Å². The minimum atomic E-state index is -1.51. The number of urea groups is 1. The van der Waals surface area contributed by atoms with Gasteiger partial charge >= 0.3 is 12.0 Å². The van der Waals surface area contributed by atoms with Gasteiger partial charge in [0.15, 0.2) is 5.41 Å². The molecule has 9 nitrogen and oxygen atoms in total. The van der Waals surface area contributed by atoms with Gasteiger partial charge in [0.1, 0.15) is 0 Å². The average molecular weight is 387 g/mol. The minimum Gasteiger partial charge on any atom is -0.465 e. The van der Waals surface area contributed by atoms with Crippen LogP contribution in [-0.4, -0.2) is 55.7 Å². The molecule has 1 spiro atoms. The van der Waals surface area contributed by atoms with Gasteiger partial charge in [-0.3, -0.25) is 20.2 Å². The van der Waals surface area contributed by atoms with Gasteiger partial charge in [-0.1, -0.05) is 6.07 Å². The summed E-state index contributed by atoms with van der Waals surface area (Å²) in [6, 6.07) is 3.60. The first kappa shape index (κ1) is 18.4. The van der Waals surface area contributed by atoms with Gasteiger partial charge in [0.25, 0.3) is 0 Å². The van der Waals surface area contributed by atoms with Gasteiger partial charge in [-0.15, -0.1) is 0 Å². The first-order valence-electron chi connectivity index (χ1n) is 9.08. The number of hydrogen-bond donors (Lipinski definition) is 2. The molecule has 3 heterocycles. The van der Waals surface area contributed by atoms with E-state index in [1.165, 1.54) is 7.11 Å². The maximum absolute atomic E-state index is 13.0. The number of benzene rings is 1. The van der Waals surface area contributed by atoms with Crippen LogP contribution in [0.5, 0.6) is 0 Å². The molecule has 3 aliphatic heterocycles. The van der Waals surface area contributed by atoms with Crippen LogP contribution in [0.15, 0.2) is 18.2 Å². The third-order valence-corrected chi connectivity index (χ3v) is 5.74. The zero-order valence-corrected chi connectivity index (χ0v) is 15.8. The van der Waals surface area contributed by atoms with Crippen molar-refractivity contribution in [2.45, 2.75) is 38.5 Å². The Morgan fingerprint density at radius 3 is 2.54 bits per heavy atom. The number of ether oxygens (including phenoxy) is 2. The van der Waals surface area contributed by atoms with E-state index in [0.717, 1.165) is 11.3 Å². The van der Waals surface area contributed by atoms with Crippen LogP contribution in [-0.2, 0) is 25.5 Å². The van der Waals surface area contributed by atoms with Crippen molar-refractivity contribution in [2.75, 3.05) is 18.6 Å². The molecule has 3 unspecified atom stereocenters. The van der Waals surface area contributed by atoms with Crippen molar-refractivity contribution in [3.05, 3.63) is 29.3 Å². The standard InChI is InChI=1S/C19H21N3O6/c1-9-8-22-13-6-11(15(23)27-3)4-5-12(13)7-19(14(22)10(2)28-9)16(24)20-18(26)21-17(19)25/h4-6,9-10,14H,7-8H2,1-3H3,(H2,20,21,24,25,26). The second-order valence-electron chi connectivity index (χ2n) is 7.47. The molecular weight excluding hydrogens is 366 g/mol. The van der Waals surface area contributed by atoms with Crippen LogP contribution >= 0.6 is 0 Å². The lowest BCUT2D eigenvalue weighted by molar-refractivity contribution is -0.153. The van der Waals surface area contributed by atoms with Gasteiger partial charge in [-0.2, -0.15) is 0 Å². The second-order valence-corrected chi connectivity index (χ2v) is 7.47. The van der Waals surface area contributed by atoms with E-state index in [1.54, 1.807) is 25.1 Å². The van der Waals surface area contributed by atoms with Crippen LogP contribution < -0.4 is 15.5 Å². The van der Waals surface area contributed by atoms with Crippen molar-refractivity contribution in [2.24, 2.45) is 5.41 Å². The van der Waals surface area contributed by atoms with Crippen LogP contribution in [0.25, 0.3) is 0 Å². The maximum Gasteiger partial charge on any atom is 0.337 e. The Balaban J connectivity index is 1.89. The van der Waals surface area contributed by atoms with E-state index in [0.29, 0.717) is 12.1 Å². The van der Waals surface area contributed by atoms with E-state index in [-0.39, 0.29) is 12.5 Å². The normalized spacial score (nSPS) is 28.2. The fourth-order valence-electron chi connectivity index (χ4n) is 4.67. The lowest BCUT2D eigenvalue weighted by atomic mass is 9.66. The predicted molar refractivity (Wildman–Crippen MR) is 96.7 cm³/mol. The molecule has 2 saturated heterocycles. The number of methoxy groups -OCH3 is 1. The molecule has 148 valence electrons. The second kappa shape index (κ2) is 6.30. The average Bonchev–Trinajstić information content (AvgIpc) is 2.64. The van der Waals surface area contributed by atoms with Gasteiger partial charge < -0.3 is 14.4 Å². The number of carbonyl (C=O) groups is 4. The van der Waals surface area contributed by atoms with E-state index in [1.807, 2.05) is 11.8 Å². The number of imide groups is 2. The van der Waals surface area contributed by atoms with E-state index in [2.05, 4.69) is 10.6 Å². The van der Waals surface area contributed by atoms with Gasteiger partial charge in [0, 0.05) is 12.2 Å². The number of fused-ring (bicyclic) bond motifs is 4. The number of morpholine rings is 1. The van der Waals surface area contributed by atoms with Crippen molar-refractivity contribution in [1.29, 1.82) is 0 Å². The third kappa shape index (κ3) is 2.50. The fourth-order valence-corrected chi connectivity index (χ4v) is 4.67. The Kier molecular flexibility index (Phi) is 4.15. The summed E-state index contributed by atoms with van der Waals surface area (Å²) >= 11 is 0. The number of anilines is 1. The minimum absolute atomic E-state index is 0.0952. The highest BCUT2D eigenvalue weighted by Gasteiger charge is 2.62. The summed E-state index contributed by atoms with van der Waals surface area (Å²) in [6.07, 6.45) is -0.506. The van der Waals surface area contributed by atoms with Crippen LogP contribution in [0, 0.1) is 5.41 Å². The summed E-state index contributed by atoms with van der Waals surface area (Å²) in [5, 5.41) is 4.48. The molecule has 28 heavy (non-hydrogen) atoms. The molecule has 3 atom stereocenters. The number of amides is 4. The highest BCUT2D eigenvalue weighted by atomic mass is 16.5. The first-order valence-corrected chi connectivity index (χ1v) is 9.08. The fraction of sp³-hybridized carbons (Fsp3) is 0.474. The van der Waals surface area contributed by atoms with E-state index in [4.69, 9.17) is 9.47 Å². The van der Waals surface area contributed by atoms with Gasteiger partial charge in [0.05, 0.1) is 30.9 Å². The van der Waals surface area contributed by atoms with E-state index < -0.39 is 41.4 Å². The number of barbiturate groups is 1. The zero-order valence-electron chi connectivity index (χ0n) is 15.8. The molecule has 0 aromatic heterocycles. The highest BCUT2D eigenvalue weighted by Crippen LogP contribution is 2.46. The maximum atomic E-state index is 13.0. The molecule has 3 aliphatic rings. The molecule has 0 saturated carbocycles. The molecule has 0 bridgehead atoms. The summed E-state index contributed by atoms with van der Waals surface area (Å²) in [6.45, 7) is 4.15. The van der Waals surface area contributed by atoms with Crippen LogP contribution in [0.4, 0.5) is 10.5 Å². The van der Waals surface area contributed by atoms with Crippen LogP contribution in [0.3, 0.4) is 0 Å². The lowest BCUT2D eigenvalue weighted by Crippen LogP contribution is -2.75. The third-order valence-electron chi connectivity index (χ3n) is 5.74. The zero-order chi connectivity index (χ0) is 20.2. The summed E-state index contributed by atoms with van der Waals surface area (Å²) in [4.78, 5) is 51.5. The molecule has 0 aliphatic carbocycles. The van der Waals surface area contributed by atoms with Crippen molar-refractivity contribution in [1.82, 2.24) is 10.6 Å². The molecule has 2 N–H and O–H groups in total. The van der Waals surface area contributed by atoms with Crippen molar-refractivity contribution in [3.8, 4) is 0 Å². The number of rotatable bonds is 1. The summed E-state index contributed by atoms with van der Waals surface area (Å²) in [5.41, 5.74) is 0.381. The molecule has 1 aromatic rings. The monoisotopic (exact) mass is 387 g/mol. The lowest BCUT2D eigenvalue weighted by Gasteiger charge is -2.55. The molecule has 2 fully saturated rings. The summed E-state index contributed by atoms with van der Waals surface area (Å²) in [7, 11) is 1.31. The summed E-state index contributed by atoms with van der Waals surface area (Å²) < 4.78 is 10.8. The SMILES string of the molecule is COC(=O)c1ccc2c(c1)N1CC(C)OC(C)C1C1(C2)C(=O)NC(=O)NC1=O. The Morgan fingerprint density at radius 1 is 1.21 bits per heavy atom. The Bertz CT molecular complexity index is 878. The quantitative estimate of drug-likeness (QED) is 0.528. The molecule has 4 amide bonds. The predicted octanol–water partition coefficient (Wildman–Crippen LogP) is 0.364. The Labute approximate surface area is 161 Å². The molecule has 1 aromatic carbocycles. The van der Waals surface area contributed by atoms with Gasteiger partial charge in [-0.05, 0) is 38.0 Å². The van der Waals surface area contributed by atoms with Crippen molar-refractivity contribution < 1.29 is 28.7 Å². The highest BCUT2D eigenvalue weighted by molar-refractivity contribution is 6.20. The smallest absolute Gasteiger partial charge is 0.337 e. The molecule has 0 radical (unpaired) electrons. The molecular formula is C19H21N3O6. The number of nitrogens with zero attached hydrogens (tertiary/aromatic N) is 1. The number of nitrogens with one attached hydrogen (secondary N) is 2. The number of esters is 1. The largest absolute Gasteiger partial charge is 0.465 e. The van der Waals surface area contributed by atoms with Gasteiger partial charge in [0.2, 0.25) is 11.8 Å². The number of carbonyl (C=O) groups excluding carboxylic acids is 4. The van der Waals surface area contributed by atoms with E-state index in [9.17, 15) is 19.2 Å². The first-order chi connectivity index (χ1) is 13.3. The molecule has 9 heteroatoms. The topological polar surface area (TPSA) is 114 Å². The summed E-state index contributed by atoms with van der Waals surface area (Å²) in [5.74, 6) is -1.74.